The summed E-state index contributed by atoms with van der Waals surface area (Å²) in [5.41, 5.74) is 0.873. The quantitative estimate of drug-likeness (QED) is 0.776. The SMILES string of the molecule is CCOc1ccc(C(=S)Oc2ccccc2)cc1. The van der Waals surface area contributed by atoms with Gasteiger partial charge in [0.1, 0.15) is 11.5 Å². The Morgan fingerprint density at radius 1 is 0.944 bits per heavy atom. The molecule has 0 aliphatic carbocycles. The Morgan fingerprint density at radius 3 is 2.22 bits per heavy atom. The summed E-state index contributed by atoms with van der Waals surface area (Å²) in [4.78, 5) is 0. The van der Waals surface area contributed by atoms with Gasteiger partial charge in [-0.05, 0) is 55.5 Å². The summed E-state index contributed by atoms with van der Waals surface area (Å²) in [6.45, 7) is 2.61. The van der Waals surface area contributed by atoms with Gasteiger partial charge in [0.15, 0.2) is 5.05 Å². The number of benzene rings is 2. The van der Waals surface area contributed by atoms with Gasteiger partial charge in [-0.15, -0.1) is 0 Å². The van der Waals surface area contributed by atoms with Crippen LogP contribution in [-0.2, 0) is 0 Å². The summed E-state index contributed by atoms with van der Waals surface area (Å²) < 4.78 is 11.0. The minimum absolute atomic E-state index is 0.462. The van der Waals surface area contributed by atoms with E-state index in [1.54, 1.807) is 0 Å². The van der Waals surface area contributed by atoms with Crippen LogP contribution in [0.25, 0.3) is 0 Å². The molecule has 18 heavy (non-hydrogen) atoms. The number of hydrogen-bond donors (Lipinski definition) is 0. The first-order valence-electron chi connectivity index (χ1n) is 5.79. The lowest BCUT2D eigenvalue weighted by atomic mass is 10.2. The molecule has 0 saturated carbocycles. The molecule has 0 aromatic heterocycles. The average molecular weight is 258 g/mol. The number of thiocarbonyl (C=S) groups is 1. The molecule has 0 radical (unpaired) electrons. The number of ether oxygens (including phenoxy) is 2. The second-order valence-corrected chi connectivity index (χ2v) is 4.03. The van der Waals surface area contributed by atoms with E-state index in [4.69, 9.17) is 21.7 Å². The van der Waals surface area contributed by atoms with Crippen LogP contribution in [0.4, 0.5) is 0 Å². The van der Waals surface area contributed by atoms with Crippen molar-refractivity contribution in [1.29, 1.82) is 0 Å². The van der Waals surface area contributed by atoms with Crippen LogP contribution in [-0.4, -0.2) is 11.7 Å². The Kier molecular flexibility index (Phi) is 4.31. The molecule has 0 aliphatic heterocycles. The molecule has 0 fully saturated rings. The second-order valence-electron chi connectivity index (χ2n) is 3.66. The molecule has 0 atom stereocenters. The van der Waals surface area contributed by atoms with Crippen molar-refractivity contribution in [3.63, 3.8) is 0 Å². The van der Waals surface area contributed by atoms with E-state index in [9.17, 15) is 0 Å². The maximum Gasteiger partial charge on any atom is 0.198 e. The second kappa shape index (κ2) is 6.17. The third-order valence-corrected chi connectivity index (χ3v) is 2.67. The molecule has 2 aromatic carbocycles. The fraction of sp³-hybridized carbons (Fsp3) is 0.133. The van der Waals surface area contributed by atoms with E-state index in [-0.39, 0.29) is 0 Å². The molecule has 3 heteroatoms. The molecule has 0 aliphatic rings. The van der Waals surface area contributed by atoms with Crippen molar-refractivity contribution in [2.75, 3.05) is 6.61 Å². The maximum atomic E-state index is 5.59. The van der Waals surface area contributed by atoms with Gasteiger partial charge in [0.2, 0.25) is 0 Å². The predicted molar refractivity (Wildman–Crippen MR) is 76.4 cm³/mol. The first-order chi connectivity index (χ1) is 8.79. The zero-order valence-electron chi connectivity index (χ0n) is 10.1. The van der Waals surface area contributed by atoms with Crippen LogP contribution in [0.5, 0.6) is 11.5 Å². The standard InChI is InChI=1S/C15H14O2S/c1-2-16-13-10-8-12(9-11-13)15(18)17-14-6-4-3-5-7-14/h3-11H,2H2,1H3. The number of para-hydroxylation sites is 1. The van der Waals surface area contributed by atoms with E-state index in [0.717, 1.165) is 17.1 Å². The molecule has 0 N–H and O–H groups in total. The van der Waals surface area contributed by atoms with Crippen LogP contribution >= 0.6 is 12.2 Å². The Hall–Kier alpha value is -1.87. The minimum atomic E-state index is 0.462. The summed E-state index contributed by atoms with van der Waals surface area (Å²) in [5, 5.41) is 0.462. The third-order valence-electron chi connectivity index (χ3n) is 2.35. The van der Waals surface area contributed by atoms with Gasteiger partial charge < -0.3 is 9.47 Å². The highest BCUT2D eigenvalue weighted by molar-refractivity contribution is 7.80. The minimum Gasteiger partial charge on any atom is -0.494 e. The monoisotopic (exact) mass is 258 g/mol. The smallest absolute Gasteiger partial charge is 0.198 e. The van der Waals surface area contributed by atoms with Crippen LogP contribution in [0.15, 0.2) is 54.6 Å². The normalized spacial score (nSPS) is 9.83. The van der Waals surface area contributed by atoms with Crippen molar-refractivity contribution >= 4 is 17.3 Å². The van der Waals surface area contributed by atoms with Gasteiger partial charge in [-0.1, -0.05) is 18.2 Å². The topological polar surface area (TPSA) is 18.5 Å². The lowest BCUT2D eigenvalue weighted by Crippen LogP contribution is -2.06. The number of hydrogen-bond acceptors (Lipinski definition) is 3. The van der Waals surface area contributed by atoms with E-state index in [2.05, 4.69) is 0 Å². The average Bonchev–Trinajstić information content (AvgIpc) is 2.41. The molecule has 2 rings (SSSR count). The summed E-state index contributed by atoms with van der Waals surface area (Å²) in [5.74, 6) is 1.58. The van der Waals surface area contributed by atoms with Crippen LogP contribution in [0.1, 0.15) is 12.5 Å². The van der Waals surface area contributed by atoms with Gasteiger partial charge in [0.25, 0.3) is 0 Å². The molecular formula is C15H14O2S. The molecule has 0 amide bonds. The van der Waals surface area contributed by atoms with Gasteiger partial charge in [0, 0.05) is 5.56 Å². The highest BCUT2D eigenvalue weighted by Crippen LogP contribution is 2.16. The van der Waals surface area contributed by atoms with E-state index < -0.39 is 0 Å². The summed E-state index contributed by atoms with van der Waals surface area (Å²) >= 11 is 5.25. The van der Waals surface area contributed by atoms with Crippen LogP contribution in [0.3, 0.4) is 0 Å². The molecule has 0 bridgehead atoms. The lowest BCUT2D eigenvalue weighted by Gasteiger charge is -2.08. The summed E-state index contributed by atoms with van der Waals surface area (Å²) in [6.07, 6.45) is 0. The predicted octanol–water partition coefficient (Wildman–Crippen LogP) is 3.84. The summed E-state index contributed by atoms with van der Waals surface area (Å²) in [7, 11) is 0. The third kappa shape index (κ3) is 3.31. The molecule has 2 nitrogen and oxygen atoms in total. The Bertz CT molecular complexity index is 506. The van der Waals surface area contributed by atoms with Gasteiger partial charge in [-0.3, -0.25) is 0 Å². The van der Waals surface area contributed by atoms with Gasteiger partial charge in [-0.2, -0.15) is 0 Å². The van der Waals surface area contributed by atoms with Gasteiger partial charge in [-0.25, -0.2) is 0 Å². The molecular weight excluding hydrogens is 244 g/mol. The zero-order valence-corrected chi connectivity index (χ0v) is 10.9. The van der Waals surface area contributed by atoms with Crippen molar-refractivity contribution in [2.24, 2.45) is 0 Å². The fourth-order valence-electron chi connectivity index (χ4n) is 1.51. The van der Waals surface area contributed by atoms with Gasteiger partial charge >= 0.3 is 0 Å². The molecule has 0 unspecified atom stereocenters. The lowest BCUT2D eigenvalue weighted by molar-refractivity contribution is 0.340. The Labute approximate surface area is 112 Å². The van der Waals surface area contributed by atoms with Crippen molar-refractivity contribution < 1.29 is 9.47 Å². The number of rotatable bonds is 4. The van der Waals surface area contributed by atoms with E-state index in [0.29, 0.717) is 11.7 Å². The van der Waals surface area contributed by atoms with Crippen LogP contribution in [0.2, 0.25) is 0 Å². The van der Waals surface area contributed by atoms with E-state index in [1.807, 2.05) is 61.5 Å². The highest BCUT2D eigenvalue weighted by atomic mass is 32.1. The van der Waals surface area contributed by atoms with Gasteiger partial charge in [0.05, 0.1) is 6.61 Å². The maximum absolute atomic E-state index is 5.59. The highest BCUT2D eigenvalue weighted by Gasteiger charge is 2.04. The van der Waals surface area contributed by atoms with Crippen LogP contribution in [0, 0.1) is 0 Å². The Morgan fingerprint density at radius 2 is 1.61 bits per heavy atom. The van der Waals surface area contributed by atoms with E-state index >= 15 is 0 Å². The molecule has 92 valence electrons. The first-order valence-corrected chi connectivity index (χ1v) is 6.20. The van der Waals surface area contributed by atoms with Crippen LogP contribution < -0.4 is 9.47 Å². The molecule has 0 heterocycles. The van der Waals surface area contributed by atoms with Crippen molar-refractivity contribution in [3.05, 3.63) is 60.2 Å². The first kappa shape index (κ1) is 12.6. The zero-order chi connectivity index (χ0) is 12.8. The Balaban J connectivity index is 2.05. The fourth-order valence-corrected chi connectivity index (χ4v) is 1.74. The van der Waals surface area contributed by atoms with Crippen molar-refractivity contribution in [2.45, 2.75) is 6.92 Å². The van der Waals surface area contributed by atoms with Crippen molar-refractivity contribution in [3.8, 4) is 11.5 Å². The molecule has 0 spiro atoms. The largest absolute Gasteiger partial charge is 0.494 e. The van der Waals surface area contributed by atoms with Crippen molar-refractivity contribution in [1.82, 2.24) is 0 Å². The van der Waals surface area contributed by atoms with E-state index in [1.165, 1.54) is 0 Å². The summed E-state index contributed by atoms with van der Waals surface area (Å²) in [6, 6.07) is 17.1. The molecule has 2 aromatic rings. The molecule has 0 saturated heterocycles.